The van der Waals surface area contributed by atoms with Crippen LogP contribution in [0.15, 0.2) is 11.8 Å². The van der Waals surface area contributed by atoms with Gasteiger partial charge in [0.05, 0.1) is 13.0 Å². The zero-order valence-electron chi connectivity index (χ0n) is 7.92. The highest BCUT2D eigenvalue weighted by Gasteiger charge is 2.53. The number of carbonyl (C=O) groups is 2. The van der Waals surface area contributed by atoms with Crippen LogP contribution in [0.5, 0.6) is 0 Å². The van der Waals surface area contributed by atoms with E-state index in [9.17, 15) is 9.59 Å². The van der Waals surface area contributed by atoms with Crippen LogP contribution in [0, 0.1) is 0 Å². The molecule has 7 heteroatoms. The van der Waals surface area contributed by atoms with Crippen molar-refractivity contribution in [2.75, 3.05) is 6.61 Å². The Morgan fingerprint density at radius 1 is 1.67 bits per heavy atom. The fourth-order valence-corrected chi connectivity index (χ4v) is 1.66. The molecule has 0 saturated carbocycles. The van der Waals surface area contributed by atoms with Crippen molar-refractivity contribution in [2.45, 2.75) is 18.7 Å². The van der Waals surface area contributed by atoms with Crippen molar-refractivity contribution in [2.24, 2.45) is 0 Å². The first kappa shape index (κ1) is 11.5. The number of aliphatic carboxylic acids is 1. The van der Waals surface area contributed by atoms with Gasteiger partial charge in [0.1, 0.15) is 5.76 Å². The molecule has 1 amide bonds. The summed E-state index contributed by atoms with van der Waals surface area (Å²) in [5.74, 6) is -1.22. The molecule has 0 aromatic heterocycles. The zero-order valence-corrected chi connectivity index (χ0v) is 7.92. The molecule has 2 saturated heterocycles. The number of ether oxygens (including phenoxy) is 1. The van der Waals surface area contributed by atoms with Crippen LogP contribution in [0.4, 0.5) is 0 Å². The molecule has 2 aliphatic rings. The Labute approximate surface area is 85.5 Å². The molecule has 0 spiro atoms. The van der Waals surface area contributed by atoms with E-state index in [0.29, 0.717) is 0 Å². The minimum absolute atomic E-state index is 0. The summed E-state index contributed by atoms with van der Waals surface area (Å²) in [6, 6.07) is -1.06. The Kier molecular flexibility index (Phi) is 2.96. The molecule has 0 unspecified atom stereocenters. The minimum atomic E-state index is -1.14. The minimum Gasteiger partial charge on any atom is -0.479 e. The number of rotatable bonds is 2. The first-order chi connectivity index (χ1) is 6.65. The first-order valence-corrected chi connectivity index (χ1v) is 4.16. The summed E-state index contributed by atoms with van der Waals surface area (Å²) in [6.45, 7) is -0.298. The number of amides is 1. The number of hydrogen-bond donors (Lipinski definition) is 3. The van der Waals surface area contributed by atoms with E-state index in [2.05, 4.69) is 0 Å². The van der Waals surface area contributed by atoms with Crippen LogP contribution in [0.25, 0.3) is 0 Å². The van der Waals surface area contributed by atoms with Gasteiger partial charge in [-0.05, 0) is 6.08 Å². The van der Waals surface area contributed by atoms with Crippen LogP contribution < -0.4 is 6.15 Å². The second kappa shape index (κ2) is 3.87. The molecule has 15 heavy (non-hydrogen) atoms. The Bertz CT molecular complexity index is 327. The van der Waals surface area contributed by atoms with Crippen LogP contribution in [-0.4, -0.2) is 45.9 Å². The van der Waals surface area contributed by atoms with Gasteiger partial charge in [-0.3, -0.25) is 9.69 Å². The van der Waals surface area contributed by atoms with Crippen molar-refractivity contribution in [3.8, 4) is 0 Å². The van der Waals surface area contributed by atoms with Gasteiger partial charge in [0, 0.05) is 0 Å². The summed E-state index contributed by atoms with van der Waals surface area (Å²) in [6.07, 6.45) is 1.03. The Morgan fingerprint density at radius 3 is 2.80 bits per heavy atom. The number of carboxylic acids is 1. The lowest BCUT2D eigenvalue weighted by Gasteiger charge is -2.33. The summed E-state index contributed by atoms with van der Waals surface area (Å²) < 4.78 is 5.17. The number of aliphatic hydroxyl groups excluding tert-OH is 1. The van der Waals surface area contributed by atoms with Gasteiger partial charge in [-0.2, -0.15) is 0 Å². The van der Waals surface area contributed by atoms with Crippen molar-refractivity contribution in [3.05, 3.63) is 11.8 Å². The van der Waals surface area contributed by atoms with Crippen LogP contribution in [0.3, 0.4) is 0 Å². The number of carbonyl (C=O) groups excluding carboxylic acids is 1. The monoisotopic (exact) mass is 216 g/mol. The predicted octanol–water partition coefficient (Wildman–Crippen LogP) is -0.934. The maximum atomic E-state index is 11.1. The number of aliphatic hydroxyl groups is 1. The molecule has 5 N–H and O–H groups in total. The van der Waals surface area contributed by atoms with Gasteiger partial charge in [-0.1, -0.05) is 0 Å². The van der Waals surface area contributed by atoms with Gasteiger partial charge < -0.3 is 21.1 Å². The number of hydrogen-bond acceptors (Lipinski definition) is 5. The largest absolute Gasteiger partial charge is 0.479 e. The van der Waals surface area contributed by atoms with E-state index in [1.807, 2.05) is 0 Å². The first-order valence-electron chi connectivity index (χ1n) is 4.16. The SMILES string of the molecule is N.O=C(O)[C@H]1/C(=C/CO)O[C@@H]2CC(=O)N21. The third kappa shape index (κ3) is 1.55. The van der Waals surface area contributed by atoms with Crippen molar-refractivity contribution in [1.82, 2.24) is 11.1 Å². The molecule has 0 bridgehead atoms. The topological polar surface area (TPSA) is 122 Å². The van der Waals surface area contributed by atoms with E-state index in [4.69, 9.17) is 14.9 Å². The standard InChI is InChI=1S/C8H9NO5.H3N/c10-2-1-4-7(8(12)13)9-5(11)3-6(9)14-4;/h1,6-7,10H,2-3H2,(H,12,13);1H3/b4-1-;/t6-,7-;/m1./s1. The third-order valence-electron chi connectivity index (χ3n) is 2.29. The van der Waals surface area contributed by atoms with E-state index in [0.717, 1.165) is 0 Å². The fourth-order valence-electron chi connectivity index (χ4n) is 1.66. The Hall–Kier alpha value is -1.60. The van der Waals surface area contributed by atoms with Gasteiger partial charge in [0.25, 0.3) is 0 Å². The molecule has 2 rings (SSSR count). The Morgan fingerprint density at radius 2 is 2.33 bits per heavy atom. The van der Waals surface area contributed by atoms with Gasteiger partial charge >= 0.3 is 5.97 Å². The summed E-state index contributed by atoms with van der Waals surface area (Å²) in [5.41, 5.74) is 0. The van der Waals surface area contributed by atoms with E-state index in [1.54, 1.807) is 0 Å². The molecule has 2 fully saturated rings. The molecule has 7 nitrogen and oxygen atoms in total. The van der Waals surface area contributed by atoms with Crippen molar-refractivity contribution >= 4 is 11.9 Å². The number of β-lactam (4-membered cyclic amide) rings is 1. The molecular formula is C8H12N2O5. The van der Waals surface area contributed by atoms with Crippen LogP contribution >= 0.6 is 0 Å². The van der Waals surface area contributed by atoms with E-state index >= 15 is 0 Å². The summed E-state index contributed by atoms with van der Waals surface area (Å²) in [5, 5.41) is 17.5. The van der Waals surface area contributed by atoms with E-state index < -0.39 is 18.2 Å². The molecule has 2 aliphatic heterocycles. The lowest BCUT2D eigenvalue weighted by atomic mass is 10.1. The molecule has 0 aromatic carbocycles. The average Bonchev–Trinajstić information content (AvgIpc) is 2.39. The van der Waals surface area contributed by atoms with E-state index in [1.165, 1.54) is 11.0 Å². The number of nitrogens with zero attached hydrogens (tertiary/aromatic N) is 1. The third-order valence-corrected chi connectivity index (χ3v) is 2.29. The van der Waals surface area contributed by atoms with Gasteiger partial charge in [0.15, 0.2) is 12.3 Å². The lowest BCUT2D eigenvalue weighted by Crippen LogP contribution is -2.54. The summed E-state index contributed by atoms with van der Waals surface area (Å²) in [7, 11) is 0. The second-order valence-electron chi connectivity index (χ2n) is 3.11. The lowest BCUT2D eigenvalue weighted by molar-refractivity contribution is -0.163. The predicted molar refractivity (Wildman–Crippen MR) is 48.0 cm³/mol. The van der Waals surface area contributed by atoms with Gasteiger partial charge in [0.2, 0.25) is 5.91 Å². The maximum Gasteiger partial charge on any atom is 0.334 e. The van der Waals surface area contributed by atoms with Crippen molar-refractivity contribution in [3.63, 3.8) is 0 Å². The Balaban J connectivity index is 0.00000112. The fraction of sp³-hybridized carbons (Fsp3) is 0.500. The number of fused-ring (bicyclic) bond motifs is 1. The zero-order chi connectivity index (χ0) is 10.3. The average molecular weight is 216 g/mol. The van der Waals surface area contributed by atoms with Crippen LogP contribution in [0.2, 0.25) is 0 Å². The van der Waals surface area contributed by atoms with Crippen molar-refractivity contribution in [1.29, 1.82) is 0 Å². The summed E-state index contributed by atoms with van der Waals surface area (Å²) >= 11 is 0. The molecular weight excluding hydrogens is 204 g/mol. The highest BCUT2D eigenvalue weighted by molar-refractivity contribution is 5.91. The van der Waals surface area contributed by atoms with Crippen molar-refractivity contribution < 1.29 is 24.5 Å². The molecule has 0 radical (unpaired) electrons. The smallest absolute Gasteiger partial charge is 0.334 e. The number of carboxylic acid groups (broad SMARTS) is 1. The molecule has 84 valence electrons. The second-order valence-corrected chi connectivity index (χ2v) is 3.11. The molecule has 2 atom stereocenters. The molecule has 0 aliphatic carbocycles. The molecule has 0 aromatic rings. The quantitative estimate of drug-likeness (QED) is 0.512. The summed E-state index contributed by atoms with van der Waals surface area (Å²) in [4.78, 5) is 23.1. The highest BCUT2D eigenvalue weighted by Crippen LogP contribution is 2.36. The highest BCUT2D eigenvalue weighted by atomic mass is 16.5. The van der Waals surface area contributed by atoms with Crippen LogP contribution in [-0.2, 0) is 14.3 Å². The molecule has 2 heterocycles. The van der Waals surface area contributed by atoms with Crippen LogP contribution in [0.1, 0.15) is 6.42 Å². The maximum absolute atomic E-state index is 11.1. The van der Waals surface area contributed by atoms with Gasteiger partial charge in [-0.15, -0.1) is 0 Å². The normalized spacial score (nSPS) is 30.3. The van der Waals surface area contributed by atoms with E-state index in [-0.39, 0.29) is 30.8 Å². The van der Waals surface area contributed by atoms with Gasteiger partial charge in [-0.25, -0.2) is 4.79 Å².